The molecule has 4 nitrogen and oxygen atoms in total. The second-order valence-corrected chi connectivity index (χ2v) is 4.33. The second kappa shape index (κ2) is 4.45. The molecule has 0 spiro atoms. The predicted octanol–water partition coefficient (Wildman–Crippen LogP) is 0.923. The first kappa shape index (κ1) is 11.7. The van der Waals surface area contributed by atoms with Crippen LogP contribution < -0.4 is 4.72 Å². The summed E-state index contributed by atoms with van der Waals surface area (Å²) < 4.78 is 49.1. The largest absolute Gasteiger partial charge is 0.233 e. The number of aromatic nitrogens is 1. The van der Waals surface area contributed by atoms with E-state index < -0.39 is 21.9 Å². The summed E-state index contributed by atoms with van der Waals surface area (Å²) in [6, 6.07) is 2.06. The van der Waals surface area contributed by atoms with Gasteiger partial charge in [-0.25, -0.2) is 13.1 Å². The van der Waals surface area contributed by atoms with E-state index in [9.17, 15) is 17.2 Å². The number of hydrogen-bond donors (Lipinski definition) is 1. The zero-order valence-corrected chi connectivity index (χ0v) is 8.39. The minimum absolute atomic E-state index is 0.0400. The van der Waals surface area contributed by atoms with E-state index in [1.54, 1.807) is 0 Å². The lowest BCUT2D eigenvalue weighted by atomic mass is 10.3. The number of hydrogen-bond acceptors (Lipinski definition) is 3. The zero-order valence-electron chi connectivity index (χ0n) is 7.57. The van der Waals surface area contributed by atoms with Crippen LogP contribution >= 0.6 is 0 Å². The van der Waals surface area contributed by atoms with Gasteiger partial charge in [-0.2, -0.15) is 13.8 Å². The third kappa shape index (κ3) is 3.37. The first-order valence-electron chi connectivity index (χ1n) is 3.87. The van der Waals surface area contributed by atoms with Crippen molar-refractivity contribution in [3.05, 3.63) is 41.6 Å². The molecule has 1 rings (SSSR count). The van der Waals surface area contributed by atoms with Gasteiger partial charge in [0, 0.05) is 17.5 Å². The van der Waals surface area contributed by atoms with Crippen molar-refractivity contribution >= 4 is 10.0 Å². The lowest BCUT2D eigenvalue weighted by Crippen LogP contribution is -2.21. The van der Waals surface area contributed by atoms with Gasteiger partial charge >= 0.3 is 0 Å². The molecule has 0 saturated carbocycles. The van der Waals surface area contributed by atoms with E-state index in [2.05, 4.69) is 11.6 Å². The Kier molecular flexibility index (Phi) is 3.48. The molecule has 1 N–H and O–H groups in total. The van der Waals surface area contributed by atoms with Crippen molar-refractivity contribution in [2.24, 2.45) is 0 Å². The molecule has 1 heterocycles. The van der Waals surface area contributed by atoms with Gasteiger partial charge in [0.2, 0.25) is 21.9 Å². The number of nitrogens with zero attached hydrogens (tertiary/aromatic N) is 1. The van der Waals surface area contributed by atoms with E-state index in [0.717, 1.165) is 12.1 Å². The Balaban J connectivity index is 2.79. The molecule has 1 aromatic heterocycles. The topological polar surface area (TPSA) is 59.1 Å². The summed E-state index contributed by atoms with van der Waals surface area (Å²) in [4.78, 5) is 2.91. The van der Waals surface area contributed by atoms with Crippen LogP contribution in [0.4, 0.5) is 8.78 Å². The first-order valence-corrected chi connectivity index (χ1v) is 5.42. The van der Waals surface area contributed by atoms with E-state index in [1.165, 1.54) is 0 Å². The molecular formula is C8H8F2N2O2S. The van der Waals surface area contributed by atoms with Crippen LogP contribution in [0.25, 0.3) is 0 Å². The quantitative estimate of drug-likeness (QED) is 0.788. The Morgan fingerprint density at radius 2 is 2.13 bits per heavy atom. The summed E-state index contributed by atoms with van der Waals surface area (Å²) in [6.07, 6.45) is 0. The molecule has 0 unspecified atom stereocenters. The molecule has 0 saturated heterocycles. The summed E-state index contributed by atoms with van der Waals surface area (Å²) in [5.41, 5.74) is -0.0400. The number of rotatable bonds is 4. The molecular weight excluding hydrogens is 226 g/mol. The third-order valence-corrected chi connectivity index (χ3v) is 2.56. The van der Waals surface area contributed by atoms with Crippen molar-refractivity contribution < 1.29 is 17.2 Å². The fraction of sp³-hybridized carbons (Fsp3) is 0.125. The SMILES string of the molecule is C=CS(=O)(=O)NCc1ccc(F)nc1F. The fourth-order valence-corrected chi connectivity index (χ4v) is 1.28. The van der Waals surface area contributed by atoms with Gasteiger partial charge in [-0.05, 0) is 12.1 Å². The Labute approximate surface area is 85.7 Å². The minimum Gasteiger partial charge on any atom is -0.208 e. The van der Waals surface area contributed by atoms with E-state index in [0.29, 0.717) is 5.41 Å². The third-order valence-electron chi connectivity index (χ3n) is 1.58. The second-order valence-electron chi connectivity index (χ2n) is 2.62. The fourth-order valence-electron chi connectivity index (χ4n) is 0.810. The van der Waals surface area contributed by atoms with Crippen molar-refractivity contribution in [2.45, 2.75) is 6.54 Å². The van der Waals surface area contributed by atoms with Crippen LogP contribution in [0, 0.1) is 11.9 Å². The molecule has 0 aromatic carbocycles. The normalized spacial score (nSPS) is 11.3. The van der Waals surface area contributed by atoms with Crippen LogP contribution in [0.1, 0.15) is 5.56 Å². The van der Waals surface area contributed by atoms with E-state index in [-0.39, 0.29) is 12.1 Å². The highest BCUT2D eigenvalue weighted by molar-refractivity contribution is 7.92. The van der Waals surface area contributed by atoms with E-state index >= 15 is 0 Å². The predicted molar refractivity (Wildman–Crippen MR) is 50.1 cm³/mol. The highest BCUT2D eigenvalue weighted by atomic mass is 32.2. The average Bonchev–Trinajstić information content (AvgIpc) is 2.16. The van der Waals surface area contributed by atoms with Gasteiger partial charge in [0.25, 0.3) is 0 Å². The van der Waals surface area contributed by atoms with Crippen LogP contribution in [-0.4, -0.2) is 13.4 Å². The van der Waals surface area contributed by atoms with Gasteiger partial charge in [0.05, 0.1) is 0 Å². The monoisotopic (exact) mass is 234 g/mol. The number of pyridine rings is 1. The van der Waals surface area contributed by atoms with Gasteiger partial charge in [-0.15, -0.1) is 0 Å². The van der Waals surface area contributed by atoms with Crippen molar-refractivity contribution in [2.75, 3.05) is 0 Å². The van der Waals surface area contributed by atoms with Gasteiger partial charge in [0.15, 0.2) is 0 Å². The zero-order chi connectivity index (χ0) is 11.5. The molecule has 0 radical (unpaired) electrons. The van der Waals surface area contributed by atoms with Crippen LogP contribution in [0.5, 0.6) is 0 Å². The Morgan fingerprint density at radius 3 is 2.67 bits per heavy atom. The Hall–Kier alpha value is -1.34. The maximum absolute atomic E-state index is 12.9. The Morgan fingerprint density at radius 1 is 1.47 bits per heavy atom. The number of nitrogens with one attached hydrogen (secondary N) is 1. The molecule has 1 aromatic rings. The van der Waals surface area contributed by atoms with Gasteiger partial charge in [0.1, 0.15) is 0 Å². The Bertz CT molecular complexity index is 474. The first-order chi connectivity index (χ1) is 6.94. The maximum atomic E-state index is 12.9. The summed E-state index contributed by atoms with van der Waals surface area (Å²) in [6.45, 7) is 2.76. The highest BCUT2D eigenvalue weighted by Crippen LogP contribution is 2.05. The summed E-state index contributed by atoms with van der Waals surface area (Å²) in [5.74, 6) is -2.00. The molecule has 0 aliphatic heterocycles. The molecule has 0 aliphatic carbocycles. The number of halogens is 2. The standard InChI is InChI=1S/C8H8F2N2O2S/c1-2-15(13,14)11-5-6-3-4-7(9)12-8(6)10/h2-4,11H,1,5H2. The van der Waals surface area contributed by atoms with Crippen LogP contribution in [0.3, 0.4) is 0 Å². The molecule has 15 heavy (non-hydrogen) atoms. The van der Waals surface area contributed by atoms with Crippen molar-refractivity contribution in [3.8, 4) is 0 Å². The summed E-state index contributed by atoms with van der Waals surface area (Å²) in [5, 5.41) is 0.696. The van der Waals surface area contributed by atoms with Gasteiger partial charge < -0.3 is 0 Å². The maximum Gasteiger partial charge on any atom is 0.233 e. The lowest BCUT2D eigenvalue weighted by Gasteiger charge is -2.03. The van der Waals surface area contributed by atoms with Crippen LogP contribution in [0.15, 0.2) is 24.1 Å². The molecule has 0 amide bonds. The van der Waals surface area contributed by atoms with Crippen LogP contribution in [0.2, 0.25) is 0 Å². The van der Waals surface area contributed by atoms with Gasteiger partial charge in [-0.3, -0.25) is 0 Å². The highest BCUT2D eigenvalue weighted by Gasteiger charge is 2.08. The molecule has 7 heteroatoms. The van der Waals surface area contributed by atoms with Gasteiger partial charge in [-0.1, -0.05) is 6.58 Å². The van der Waals surface area contributed by atoms with Crippen molar-refractivity contribution in [1.82, 2.24) is 9.71 Å². The minimum atomic E-state index is -3.62. The molecule has 0 atom stereocenters. The smallest absolute Gasteiger partial charge is 0.208 e. The molecule has 0 bridgehead atoms. The van der Waals surface area contributed by atoms with Crippen LogP contribution in [-0.2, 0) is 16.6 Å². The lowest BCUT2D eigenvalue weighted by molar-refractivity contribution is 0.501. The van der Waals surface area contributed by atoms with Crippen molar-refractivity contribution in [1.29, 1.82) is 0 Å². The molecule has 0 fully saturated rings. The summed E-state index contributed by atoms with van der Waals surface area (Å²) in [7, 11) is -3.62. The summed E-state index contributed by atoms with van der Waals surface area (Å²) >= 11 is 0. The number of sulfonamides is 1. The molecule has 82 valence electrons. The van der Waals surface area contributed by atoms with E-state index in [1.807, 2.05) is 4.72 Å². The van der Waals surface area contributed by atoms with Crippen molar-refractivity contribution in [3.63, 3.8) is 0 Å². The van der Waals surface area contributed by atoms with E-state index in [4.69, 9.17) is 0 Å². The average molecular weight is 234 g/mol. The molecule has 0 aliphatic rings.